The first kappa shape index (κ1) is 34.1. The summed E-state index contributed by atoms with van der Waals surface area (Å²) >= 11 is 0. The number of benzene rings is 2. The van der Waals surface area contributed by atoms with Crippen molar-refractivity contribution in [3.63, 3.8) is 0 Å². The Bertz CT molecular complexity index is 1520. The van der Waals surface area contributed by atoms with Crippen LogP contribution in [0.2, 0.25) is 0 Å². The van der Waals surface area contributed by atoms with Gasteiger partial charge in [-0.25, -0.2) is 9.59 Å². The molecule has 47 heavy (non-hydrogen) atoms. The second-order valence-electron chi connectivity index (χ2n) is 13.0. The molecular weight excluding hydrogens is 612 g/mol. The van der Waals surface area contributed by atoms with Gasteiger partial charge in [-0.15, -0.1) is 0 Å². The molecule has 1 saturated heterocycles. The van der Waals surface area contributed by atoms with Gasteiger partial charge in [0.25, 0.3) is 0 Å². The van der Waals surface area contributed by atoms with E-state index in [1.807, 2.05) is 0 Å². The molecule has 2 aromatic rings. The number of aliphatic hydroxyl groups is 1. The maximum atomic E-state index is 13.7. The Labute approximate surface area is 272 Å². The van der Waals surface area contributed by atoms with Gasteiger partial charge in [-0.05, 0) is 50.5 Å². The lowest BCUT2D eigenvalue weighted by Gasteiger charge is -2.64. The van der Waals surface area contributed by atoms with Crippen LogP contribution in [-0.4, -0.2) is 83.3 Å². The first-order valence-corrected chi connectivity index (χ1v) is 15.5. The van der Waals surface area contributed by atoms with Crippen LogP contribution >= 0.6 is 0 Å². The Kier molecular flexibility index (Phi) is 9.22. The third-order valence-electron chi connectivity index (χ3n) is 9.65. The molecule has 9 unspecified atom stereocenters. The number of hydrogen-bond donors (Lipinski definition) is 1. The van der Waals surface area contributed by atoms with Crippen molar-refractivity contribution < 1.29 is 57.5 Å². The minimum atomic E-state index is -1.97. The van der Waals surface area contributed by atoms with Crippen molar-refractivity contribution in [2.75, 3.05) is 6.61 Å². The van der Waals surface area contributed by atoms with Crippen LogP contribution in [0.15, 0.2) is 60.7 Å². The summed E-state index contributed by atoms with van der Waals surface area (Å²) in [6.07, 6.45) is -7.14. The lowest BCUT2D eigenvalue weighted by molar-refractivity contribution is -0.327. The number of carbonyl (C=O) groups excluding carboxylic acids is 5. The molecule has 1 spiro atoms. The number of ether oxygens (including phenoxy) is 6. The molecular formula is C35H40O12. The molecule has 0 aromatic heterocycles. The number of hydrogen-bond acceptors (Lipinski definition) is 12. The molecule has 2 aromatic carbocycles. The maximum Gasteiger partial charge on any atom is 0.338 e. The first-order chi connectivity index (χ1) is 22.2. The molecule has 2 aliphatic carbocycles. The fourth-order valence-electron chi connectivity index (χ4n) is 8.08. The van der Waals surface area contributed by atoms with Gasteiger partial charge in [-0.1, -0.05) is 43.3 Å². The lowest BCUT2D eigenvalue weighted by Crippen LogP contribution is -2.81. The van der Waals surface area contributed by atoms with E-state index in [1.165, 1.54) is 26.0 Å². The van der Waals surface area contributed by atoms with Gasteiger partial charge < -0.3 is 33.5 Å². The average Bonchev–Trinajstić information content (AvgIpc) is 3.20. The van der Waals surface area contributed by atoms with Gasteiger partial charge in [0.1, 0.15) is 35.9 Å². The topological polar surface area (TPSA) is 161 Å². The zero-order valence-electron chi connectivity index (χ0n) is 27.2. The van der Waals surface area contributed by atoms with Crippen molar-refractivity contribution >= 4 is 29.8 Å². The van der Waals surface area contributed by atoms with Gasteiger partial charge in [-0.2, -0.15) is 0 Å². The van der Waals surface area contributed by atoms with Crippen LogP contribution in [-0.2, 0) is 42.8 Å². The molecule has 9 atom stereocenters. The fraction of sp³-hybridized carbons (Fsp3) is 0.514. The van der Waals surface area contributed by atoms with E-state index in [9.17, 15) is 29.1 Å². The van der Waals surface area contributed by atoms with E-state index in [-0.39, 0.29) is 17.5 Å². The standard InChI is InChI=1S/C35H40O12/c1-19-17-25(39)28(46-32(41)24-15-11-8-12-16-24)34(18-42-20(2)36)30(44-22(4)38)27(45-31(40)23-13-9-7-10-14-23)26-29(43-21(3)37)35(19,34)47-33(26,5)6/h7-16,19,25-30,39H,17-18H2,1-6H3. The molecule has 3 aliphatic rings. The number of esters is 5. The third kappa shape index (κ3) is 5.78. The number of fused-ring (bicyclic) bond motifs is 1. The number of aliphatic hydroxyl groups excluding tert-OH is 1. The van der Waals surface area contributed by atoms with Gasteiger partial charge in [0.2, 0.25) is 0 Å². The molecule has 5 rings (SSSR count). The Hall–Kier alpha value is -4.29. The molecule has 0 amide bonds. The van der Waals surface area contributed by atoms with E-state index >= 15 is 0 Å². The van der Waals surface area contributed by atoms with Crippen LogP contribution in [0.1, 0.15) is 68.7 Å². The van der Waals surface area contributed by atoms with Gasteiger partial charge in [-0.3, -0.25) is 14.4 Å². The molecule has 12 nitrogen and oxygen atoms in total. The molecule has 1 aliphatic heterocycles. The summed E-state index contributed by atoms with van der Waals surface area (Å²) in [5.41, 5.74) is -4.56. The molecule has 2 saturated carbocycles. The highest BCUT2D eigenvalue weighted by Crippen LogP contribution is 2.68. The summed E-state index contributed by atoms with van der Waals surface area (Å²) in [6.45, 7) is 8.12. The Balaban J connectivity index is 1.81. The second-order valence-corrected chi connectivity index (χ2v) is 13.0. The molecule has 1 N–H and O–H groups in total. The molecule has 1 heterocycles. The van der Waals surface area contributed by atoms with E-state index < -0.39 is 95.4 Å². The lowest BCUT2D eigenvalue weighted by atomic mass is 9.47. The predicted octanol–water partition coefficient (Wildman–Crippen LogP) is 3.43. The van der Waals surface area contributed by atoms with Crippen LogP contribution in [0.25, 0.3) is 0 Å². The molecule has 0 radical (unpaired) electrons. The average molecular weight is 653 g/mol. The van der Waals surface area contributed by atoms with E-state index in [2.05, 4.69) is 0 Å². The fourth-order valence-corrected chi connectivity index (χ4v) is 8.08. The monoisotopic (exact) mass is 652 g/mol. The summed E-state index contributed by atoms with van der Waals surface area (Å²) in [4.78, 5) is 65.7. The zero-order chi connectivity index (χ0) is 34.3. The molecule has 3 fully saturated rings. The quantitative estimate of drug-likeness (QED) is 0.327. The van der Waals surface area contributed by atoms with E-state index in [0.717, 1.165) is 6.92 Å². The van der Waals surface area contributed by atoms with Crippen molar-refractivity contribution in [3.05, 3.63) is 71.8 Å². The summed E-state index contributed by atoms with van der Waals surface area (Å²) in [5.74, 6) is -5.43. The van der Waals surface area contributed by atoms with Crippen LogP contribution in [0, 0.1) is 17.3 Å². The Morgan fingerprint density at radius 1 is 0.745 bits per heavy atom. The second kappa shape index (κ2) is 12.7. The van der Waals surface area contributed by atoms with Gasteiger partial charge in [0.15, 0.2) is 6.10 Å². The third-order valence-corrected chi connectivity index (χ3v) is 9.65. The Morgan fingerprint density at radius 2 is 1.26 bits per heavy atom. The van der Waals surface area contributed by atoms with Crippen LogP contribution < -0.4 is 0 Å². The van der Waals surface area contributed by atoms with E-state index in [0.29, 0.717) is 0 Å². The zero-order valence-corrected chi connectivity index (χ0v) is 27.2. The van der Waals surface area contributed by atoms with Gasteiger partial charge >= 0.3 is 29.8 Å². The van der Waals surface area contributed by atoms with E-state index in [4.69, 9.17) is 28.4 Å². The molecule has 2 bridgehead atoms. The van der Waals surface area contributed by atoms with Gasteiger partial charge in [0.05, 0.1) is 28.7 Å². The highest BCUT2D eigenvalue weighted by molar-refractivity contribution is 5.90. The highest BCUT2D eigenvalue weighted by Gasteiger charge is 2.85. The number of carbonyl (C=O) groups is 5. The summed E-state index contributed by atoms with van der Waals surface area (Å²) in [7, 11) is 0. The van der Waals surface area contributed by atoms with E-state index in [1.54, 1.807) is 69.3 Å². The van der Waals surface area contributed by atoms with Crippen molar-refractivity contribution in [3.8, 4) is 0 Å². The largest absolute Gasteiger partial charge is 0.465 e. The van der Waals surface area contributed by atoms with Crippen LogP contribution in [0.3, 0.4) is 0 Å². The normalized spacial score (nSPS) is 33.5. The summed E-state index contributed by atoms with van der Waals surface area (Å²) < 4.78 is 37.1. The number of rotatable bonds is 8. The first-order valence-electron chi connectivity index (χ1n) is 15.5. The smallest absolute Gasteiger partial charge is 0.338 e. The van der Waals surface area contributed by atoms with Crippen molar-refractivity contribution in [1.82, 2.24) is 0 Å². The SMILES string of the molecule is CC(=O)OCC12C(OC(=O)c3ccccc3)C(O)CC(C)C13OC(C)(C)C(C(OC(=O)c1ccccc1)C2OC(C)=O)C3OC(C)=O. The van der Waals surface area contributed by atoms with Crippen molar-refractivity contribution in [2.24, 2.45) is 17.3 Å². The molecule has 12 heteroatoms. The minimum absolute atomic E-state index is 0.00359. The predicted molar refractivity (Wildman–Crippen MR) is 163 cm³/mol. The van der Waals surface area contributed by atoms with Crippen molar-refractivity contribution in [1.29, 1.82) is 0 Å². The molecule has 252 valence electrons. The maximum absolute atomic E-state index is 13.7. The van der Waals surface area contributed by atoms with Crippen LogP contribution in [0.5, 0.6) is 0 Å². The summed E-state index contributed by atoms with van der Waals surface area (Å²) in [6, 6.07) is 16.1. The highest BCUT2D eigenvalue weighted by atomic mass is 16.6. The Morgan fingerprint density at radius 3 is 1.77 bits per heavy atom. The van der Waals surface area contributed by atoms with Crippen molar-refractivity contribution in [2.45, 2.75) is 89.7 Å². The summed E-state index contributed by atoms with van der Waals surface area (Å²) in [5, 5.41) is 11.8. The van der Waals surface area contributed by atoms with Crippen LogP contribution in [0.4, 0.5) is 0 Å². The van der Waals surface area contributed by atoms with Gasteiger partial charge in [0, 0.05) is 20.8 Å². The minimum Gasteiger partial charge on any atom is -0.465 e.